The molecule has 17 heavy (non-hydrogen) atoms. The van der Waals surface area contributed by atoms with Crippen LogP contribution in [-0.4, -0.2) is 59.1 Å². The Hall–Kier alpha value is -1.08. The molecule has 0 aliphatic heterocycles. The highest BCUT2D eigenvalue weighted by molar-refractivity contribution is 6.57. The molecule has 0 heterocycles. The average molecular weight is 244 g/mol. The Bertz CT molecular complexity index is 226. The largest absolute Gasteiger partial charge is 0.377 e. The van der Waals surface area contributed by atoms with Gasteiger partial charge in [-0.05, 0) is 0 Å². The van der Waals surface area contributed by atoms with Gasteiger partial charge in [-0.2, -0.15) is 0 Å². The highest BCUT2D eigenvalue weighted by Gasteiger charge is 1.95. The lowest BCUT2D eigenvalue weighted by Gasteiger charge is -2.07. The summed E-state index contributed by atoms with van der Waals surface area (Å²) in [6.45, 7) is 4.79. The minimum Gasteiger partial charge on any atom is -0.377 e. The number of carbonyl (C=O) groups is 2. The van der Waals surface area contributed by atoms with Gasteiger partial charge in [-0.3, -0.25) is 9.59 Å². The van der Waals surface area contributed by atoms with Gasteiger partial charge in [0.05, 0.1) is 26.4 Å². The molecule has 0 aliphatic rings. The third-order valence-corrected chi connectivity index (χ3v) is 1.88. The van der Waals surface area contributed by atoms with Gasteiger partial charge in [0.2, 0.25) is 13.8 Å². The fourth-order valence-electron chi connectivity index (χ4n) is 1.01. The predicted molar refractivity (Wildman–Crippen MR) is 66.9 cm³/mol. The van der Waals surface area contributed by atoms with Crippen LogP contribution in [0.5, 0.6) is 0 Å². The van der Waals surface area contributed by atoms with Gasteiger partial charge in [0, 0.05) is 19.5 Å². The molecular weight excluding hydrogens is 223 g/mol. The summed E-state index contributed by atoms with van der Waals surface area (Å²) >= 11 is 0. The minimum absolute atomic E-state index is 0.0279. The molecule has 0 bridgehead atoms. The molecule has 0 aromatic carbocycles. The first kappa shape index (κ1) is 15.9. The summed E-state index contributed by atoms with van der Waals surface area (Å²) in [4.78, 5) is 21.4. The van der Waals surface area contributed by atoms with Crippen molar-refractivity contribution in [2.24, 2.45) is 0 Å². The van der Waals surface area contributed by atoms with Crippen molar-refractivity contribution in [2.75, 3.05) is 39.5 Å². The van der Waals surface area contributed by atoms with E-state index >= 15 is 0 Å². The first-order valence-corrected chi connectivity index (χ1v) is 5.83. The normalized spacial score (nSPS) is 9.94. The van der Waals surface area contributed by atoms with Crippen molar-refractivity contribution < 1.29 is 19.1 Å². The highest BCUT2D eigenvalue weighted by atomic mass is 16.5. The van der Waals surface area contributed by atoms with E-state index in [0.717, 1.165) is 0 Å². The van der Waals surface area contributed by atoms with E-state index in [9.17, 15) is 9.59 Å². The lowest BCUT2D eigenvalue weighted by Crippen LogP contribution is -2.27. The van der Waals surface area contributed by atoms with Gasteiger partial charge in [-0.1, -0.05) is 6.92 Å². The Balaban J connectivity index is 3.03. The lowest BCUT2D eigenvalue weighted by atomic mass is 10.1. The maximum Gasteiger partial charge on any atom is 0.219 e. The monoisotopic (exact) mass is 244 g/mol. The molecule has 0 radical (unpaired) electrons. The van der Waals surface area contributed by atoms with E-state index in [0.29, 0.717) is 45.9 Å². The fourth-order valence-corrected chi connectivity index (χ4v) is 1.01. The second-order valence-corrected chi connectivity index (χ2v) is 3.41. The SMILES string of the molecule is BC(=O)NCCOCCOCCNC(=O)CC. The Labute approximate surface area is 103 Å². The van der Waals surface area contributed by atoms with Crippen LogP contribution in [0.15, 0.2) is 0 Å². The molecule has 0 atom stereocenters. The van der Waals surface area contributed by atoms with Crippen LogP contribution in [0, 0.1) is 0 Å². The summed E-state index contributed by atoms with van der Waals surface area (Å²) in [7, 11) is 1.47. The summed E-state index contributed by atoms with van der Waals surface area (Å²) in [5.74, 6) is -0.0309. The number of hydrogen-bond acceptors (Lipinski definition) is 4. The van der Waals surface area contributed by atoms with Gasteiger partial charge in [0.15, 0.2) is 5.81 Å². The molecule has 6 nitrogen and oxygen atoms in total. The first-order chi connectivity index (χ1) is 8.16. The van der Waals surface area contributed by atoms with Crippen LogP contribution in [0.25, 0.3) is 0 Å². The van der Waals surface area contributed by atoms with Gasteiger partial charge in [0.1, 0.15) is 0 Å². The maximum atomic E-state index is 10.8. The Kier molecular flexibility index (Phi) is 10.7. The van der Waals surface area contributed by atoms with E-state index in [1.54, 1.807) is 6.92 Å². The van der Waals surface area contributed by atoms with Crippen molar-refractivity contribution in [1.82, 2.24) is 10.6 Å². The van der Waals surface area contributed by atoms with Crippen LogP contribution < -0.4 is 10.6 Å². The average Bonchev–Trinajstić information content (AvgIpc) is 2.30. The van der Waals surface area contributed by atoms with Crippen LogP contribution in [0.2, 0.25) is 0 Å². The quantitative estimate of drug-likeness (QED) is 0.377. The fraction of sp³-hybridized carbons (Fsp3) is 0.800. The smallest absolute Gasteiger partial charge is 0.219 e. The Morgan fingerprint density at radius 1 is 1.00 bits per heavy atom. The second kappa shape index (κ2) is 11.4. The topological polar surface area (TPSA) is 76.7 Å². The number of amides is 2. The molecule has 0 saturated carbocycles. The third-order valence-electron chi connectivity index (χ3n) is 1.88. The molecule has 2 N–H and O–H groups in total. The van der Waals surface area contributed by atoms with Crippen molar-refractivity contribution in [2.45, 2.75) is 13.3 Å². The van der Waals surface area contributed by atoms with Crippen LogP contribution >= 0.6 is 0 Å². The molecule has 0 saturated heterocycles. The first-order valence-electron chi connectivity index (χ1n) is 5.83. The van der Waals surface area contributed by atoms with Crippen molar-refractivity contribution in [1.29, 1.82) is 0 Å². The standard InChI is InChI=1S/C10H21BN2O4/c1-2-9(14)12-3-5-16-7-8-17-6-4-13-10(11)15/h2-8,11H2,1H3,(H,12,14)(H,13,15). The van der Waals surface area contributed by atoms with E-state index in [1.807, 2.05) is 0 Å². The molecule has 0 aromatic heterocycles. The molecule has 7 heteroatoms. The molecule has 0 unspecified atom stereocenters. The molecule has 0 fully saturated rings. The summed E-state index contributed by atoms with van der Waals surface area (Å²) in [5, 5.41) is 5.33. The zero-order valence-corrected chi connectivity index (χ0v) is 10.6. The number of hydrogen-bond donors (Lipinski definition) is 2. The number of rotatable bonds is 10. The van der Waals surface area contributed by atoms with Crippen molar-refractivity contribution >= 4 is 19.6 Å². The summed E-state index contributed by atoms with van der Waals surface area (Å²) in [6.07, 6.45) is 0.492. The Morgan fingerprint density at radius 2 is 1.53 bits per heavy atom. The van der Waals surface area contributed by atoms with Crippen molar-refractivity contribution in [3.63, 3.8) is 0 Å². The number of nitrogens with one attached hydrogen (secondary N) is 2. The Morgan fingerprint density at radius 3 is 2.00 bits per heavy atom. The number of carbonyl (C=O) groups excluding carboxylic acids is 2. The van der Waals surface area contributed by atoms with Crippen LogP contribution in [-0.2, 0) is 14.3 Å². The van der Waals surface area contributed by atoms with Gasteiger partial charge in [0.25, 0.3) is 0 Å². The second-order valence-electron chi connectivity index (χ2n) is 3.41. The van der Waals surface area contributed by atoms with E-state index in [1.165, 1.54) is 7.85 Å². The van der Waals surface area contributed by atoms with E-state index < -0.39 is 0 Å². The third kappa shape index (κ3) is 12.9. The van der Waals surface area contributed by atoms with E-state index in [-0.39, 0.29) is 11.7 Å². The molecule has 2 amide bonds. The zero-order valence-electron chi connectivity index (χ0n) is 10.6. The highest BCUT2D eigenvalue weighted by Crippen LogP contribution is 1.79. The van der Waals surface area contributed by atoms with E-state index in [4.69, 9.17) is 9.47 Å². The summed E-state index contributed by atoms with van der Waals surface area (Å²) in [6, 6.07) is 0. The van der Waals surface area contributed by atoms with Crippen LogP contribution in [0.3, 0.4) is 0 Å². The predicted octanol–water partition coefficient (Wildman–Crippen LogP) is -1.11. The van der Waals surface area contributed by atoms with Gasteiger partial charge in [-0.25, -0.2) is 0 Å². The summed E-state index contributed by atoms with van der Waals surface area (Å²) < 4.78 is 10.4. The van der Waals surface area contributed by atoms with Gasteiger partial charge >= 0.3 is 0 Å². The molecule has 0 aromatic rings. The molecule has 98 valence electrons. The van der Waals surface area contributed by atoms with Crippen molar-refractivity contribution in [3.8, 4) is 0 Å². The minimum atomic E-state index is -0.0588. The summed E-state index contributed by atoms with van der Waals surface area (Å²) in [5.41, 5.74) is 0. The molecule has 0 rings (SSSR count). The van der Waals surface area contributed by atoms with E-state index in [2.05, 4.69) is 10.6 Å². The zero-order chi connectivity index (χ0) is 12.9. The molecule has 0 aliphatic carbocycles. The molecule has 0 spiro atoms. The number of ether oxygens (including phenoxy) is 2. The van der Waals surface area contributed by atoms with Crippen LogP contribution in [0.4, 0.5) is 4.79 Å². The van der Waals surface area contributed by atoms with Crippen molar-refractivity contribution in [3.05, 3.63) is 0 Å². The van der Waals surface area contributed by atoms with Crippen LogP contribution in [0.1, 0.15) is 13.3 Å². The van der Waals surface area contributed by atoms with Gasteiger partial charge < -0.3 is 20.1 Å². The molecular formula is C10H21BN2O4. The lowest BCUT2D eigenvalue weighted by molar-refractivity contribution is -0.121. The van der Waals surface area contributed by atoms with Gasteiger partial charge in [-0.15, -0.1) is 0 Å². The maximum absolute atomic E-state index is 10.8.